The molecule has 11 heteroatoms. The minimum absolute atomic E-state index is 0.163. The van der Waals surface area contributed by atoms with Crippen molar-refractivity contribution < 1.29 is 22.3 Å². The van der Waals surface area contributed by atoms with Gasteiger partial charge in [-0.3, -0.25) is 0 Å². The van der Waals surface area contributed by atoms with E-state index in [0.717, 1.165) is 12.0 Å². The fourth-order valence-electron chi connectivity index (χ4n) is 4.09. The molecule has 1 aliphatic heterocycles. The molecule has 0 saturated carbocycles. The zero-order valence-corrected chi connectivity index (χ0v) is 18.9. The minimum Gasteiger partial charge on any atom is -0.393 e. The standard InChI is InChI=1S/C20H29FN4O5S/c1-11-7-8-16(21)17(12(11)2)13(3)18(19-22-23-20(27)30-19)24-31(28,29)25-9-5-6-15(10-25)14(4)26/h7-8,13-15,18,24,26H,5-6,9-10H2,1-4H3,(H,23,27)/t13-,14?,15?,18+/m1/s1. The van der Waals surface area contributed by atoms with Crippen molar-refractivity contribution in [3.05, 3.63) is 51.1 Å². The van der Waals surface area contributed by atoms with Crippen molar-refractivity contribution in [2.45, 2.75) is 58.6 Å². The third-order valence-corrected chi connectivity index (χ3v) is 7.69. The van der Waals surface area contributed by atoms with Gasteiger partial charge in [0.15, 0.2) is 0 Å². The average molecular weight is 457 g/mol. The number of aromatic nitrogens is 2. The van der Waals surface area contributed by atoms with E-state index in [1.807, 2.05) is 6.92 Å². The molecule has 1 saturated heterocycles. The second-order valence-corrected chi connectivity index (χ2v) is 9.95. The van der Waals surface area contributed by atoms with Crippen LogP contribution in [0.2, 0.25) is 0 Å². The van der Waals surface area contributed by atoms with Crippen molar-refractivity contribution in [2.24, 2.45) is 5.92 Å². The fraction of sp³-hybridized carbons (Fsp3) is 0.600. The second-order valence-electron chi connectivity index (χ2n) is 8.24. The van der Waals surface area contributed by atoms with E-state index >= 15 is 0 Å². The predicted octanol–water partition coefficient (Wildman–Crippen LogP) is 1.89. The van der Waals surface area contributed by atoms with Crippen LogP contribution < -0.4 is 10.5 Å². The van der Waals surface area contributed by atoms with E-state index in [2.05, 4.69) is 14.9 Å². The quantitative estimate of drug-likeness (QED) is 0.584. The second kappa shape index (κ2) is 9.19. The van der Waals surface area contributed by atoms with Gasteiger partial charge in [0.1, 0.15) is 11.9 Å². The van der Waals surface area contributed by atoms with E-state index in [1.54, 1.807) is 26.8 Å². The van der Waals surface area contributed by atoms with Crippen LogP contribution in [0.5, 0.6) is 0 Å². The van der Waals surface area contributed by atoms with Crippen LogP contribution in [-0.2, 0) is 10.2 Å². The van der Waals surface area contributed by atoms with Gasteiger partial charge in [-0.25, -0.2) is 14.3 Å². The number of nitrogens with zero attached hydrogens (tertiary/aromatic N) is 2. The van der Waals surface area contributed by atoms with E-state index in [4.69, 9.17) is 4.42 Å². The minimum atomic E-state index is -4.04. The van der Waals surface area contributed by atoms with E-state index in [9.17, 15) is 22.7 Å². The lowest BCUT2D eigenvalue weighted by molar-refractivity contribution is 0.0879. The number of hydrogen-bond acceptors (Lipinski definition) is 6. The third-order valence-electron chi connectivity index (χ3n) is 6.13. The number of H-pyrrole nitrogens is 1. The van der Waals surface area contributed by atoms with Gasteiger partial charge >= 0.3 is 5.76 Å². The summed E-state index contributed by atoms with van der Waals surface area (Å²) in [5.41, 5.74) is 1.85. The average Bonchev–Trinajstić information content (AvgIpc) is 3.15. The van der Waals surface area contributed by atoms with Crippen LogP contribution in [-0.4, -0.2) is 47.2 Å². The first-order chi connectivity index (χ1) is 14.5. The fourth-order valence-corrected chi connectivity index (χ4v) is 5.62. The van der Waals surface area contributed by atoms with Gasteiger partial charge in [0.25, 0.3) is 10.2 Å². The Hall–Kier alpha value is -2.08. The molecule has 172 valence electrons. The Morgan fingerprint density at radius 3 is 2.68 bits per heavy atom. The molecule has 1 fully saturated rings. The summed E-state index contributed by atoms with van der Waals surface area (Å²) in [5.74, 6) is -2.39. The zero-order chi connectivity index (χ0) is 22.9. The summed E-state index contributed by atoms with van der Waals surface area (Å²) in [5, 5.41) is 15.8. The molecule has 1 aromatic carbocycles. The normalized spacial score (nSPS) is 21.0. The number of rotatable bonds is 7. The van der Waals surface area contributed by atoms with Crippen LogP contribution in [0.15, 0.2) is 21.3 Å². The Morgan fingerprint density at radius 1 is 1.35 bits per heavy atom. The molecule has 3 N–H and O–H groups in total. The van der Waals surface area contributed by atoms with Gasteiger partial charge in [-0.15, -0.1) is 5.10 Å². The van der Waals surface area contributed by atoms with Crippen molar-refractivity contribution in [2.75, 3.05) is 13.1 Å². The number of halogens is 1. The number of aliphatic hydroxyl groups is 1. The molecule has 2 heterocycles. The summed E-state index contributed by atoms with van der Waals surface area (Å²) in [7, 11) is -4.04. The SMILES string of the molecule is Cc1ccc(F)c([C@@H](C)[C@H](NS(=O)(=O)N2CCCC(C(C)O)C2)c2n[nH]c(=O)o2)c1C. The van der Waals surface area contributed by atoms with Crippen LogP contribution in [0.25, 0.3) is 0 Å². The maximum absolute atomic E-state index is 14.8. The van der Waals surface area contributed by atoms with Crippen molar-refractivity contribution in [1.29, 1.82) is 0 Å². The summed E-state index contributed by atoms with van der Waals surface area (Å²) >= 11 is 0. The van der Waals surface area contributed by atoms with Gasteiger partial charge in [-0.1, -0.05) is 13.0 Å². The number of hydrogen-bond donors (Lipinski definition) is 3. The Kier molecular flexibility index (Phi) is 6.99. The van der Waals surface area contributed by atoms with E-state index in [-0.39, 0.29) is 18.4 Å². The number of aliphatic hydroxyl groups excluding tert-OH is 1. The predicted molar refractivity (Wildman–Crippen MR) is 112 cm³/mol. The largest absolute Gasteiger partial charge is 0.434 e. The summed E-state index contributed by atoms with van der Waals surface area (Å²) in [4.78, 5) is 11.6. The zero-order valence-electron chi connectivity index (χ0n) is 18.1. The number of aromatic amines is 1. The molecule has 9 nitrogen and oxygen atoms in total. The third kappa shape index (κ3) is 5.05. The molecule has 31 heavy (non-hydrogen) atoms. The van der Waals surface area contributed by atoms with E-state index < -0.39 is 39.8 Å². The molecule has 2 unspecified atom stereocenters. The molecule has 0 radical (unpaired) electrons. The lowest BCUT2D eigenvalue weighted by Crippen LogP contribution is -2.49. The maximum atomic E-state index is 14.8. The van der Waals surface area contributed by atoms with E-state index in [1.165, 1.54) is 10.4 Å². The Morgan fingerprint density at radius 2 is 2.06 bits per heavy atom. The lowest BCUT2D eigenvalue weighted by Gasteiger charge is -2.34. The highest BCUT2D eigenvalue weighted by Gasteiger charge is 2.37. The van der Waals surface area contributed by atoms with Crippen LogP contribution in [0.4, 0.5) is 4.39 Å². The topological polar surface area (TPSA) is 129 Å². The molecule has 0 spiro atoms. The maximum Gasteiger partial charge on any atom is 0.434 e. The smallest absolute Gasteiger partial charge is 0.393 e. The molecule has 0 bridgehead atoms. The summed E-state index contributed by atoms with van der Waals surface area (Å²) < 4.78 is 50.0. The summed E-state index contributed by atoms with van der Waals surface area (Å²) in [6, 6.07) is 1.86. The van der Waals surface area contributed by atoms with Gasteiger partial charge in [-0.2, -0.15) is 17.4 Å². The van der Waals surface area contributed by atoms with Gasteiger partial charge < -0.3 is 9.52 Å². The van der Waals surface area contributed by atoms with Gasteiger partial charge in [0, 0.05) is 19.0 Å². The molecule has 0 amide bonds. The van der Waals surface area contributed by atoms with Crippen LogP contribution in [0, 0.1) is 25.6 Å². The van der Waals surface area contributed by atoms with Crippen LogP contribution in [0.3, 0.4) is 0 Å². The number of benzene rings is 1. The monoisotopic (exact) mass is 456 g/mol. The highest BCUT2D eigenvalue weighted by Crippen LogP contribution is 2.35. The highest BCUT2D eigenvalue weighted by atomic mass is 32.2. The highest BCUT2D eigenvalue weighted by molar-refractivity contribution is 7.87. The first-order valence-electron chi connectivity index (χ1n) is 10.3. The summed E-state index contributed by atoms with van der Waals surface area (Å²) in [6.45, 7) is 7.35. The molecule has 2 aromatic rings. The van der Waals surface area contributed by atoms with Crippen molar-refractivity contribution in [1.82, 2.24) is 19.2 Å². The van der Waals surface area contributed by atoms with Crippen molar-refractivity contribution in [3.8, 4) is 0 Å². The van der Waals surface area contributed by atoms with Crippen LogP contribution >= 0.6 is 0 Å². The lowest BCUT2D eigenvalue weighted by atomic mass is 9.88. The summed E-state index contributed by atoms with van der Waals surface area (Å²) in [6.07, 6.45) is 0.701. The Bertz CT molecular complexity index is 1080. The molecule has 0 aliphatic carbocycles. The molecule has 1 aliphatic rings. The first-order valence-corrected chi connectivity index (χ1v) is 11.7. The van der Waals surface area contributed by atoms with Gasteiger partial charge in [0.05, 0.1) is 6.10 Å². The molecular formula is C20H29FN4O5S. The first kappa shape index (κ1) is 23.6. The van der Waals surface area contributed by atoms with Crippen molar-refractivity contribution in [3.63, 3.8) is 0 Å². The number of aryl methyl sites for hydroxylation is 1. The molecule has 4 atom stereocenters. The Balaban J connectivity index is 1.97. The molecule has 3 rings (SSSR count). The van der Waals surface area contributed by atoms with Gasteiger partial charge in [-0.05, 0) is 62.3 Å². The van der Waals surface area contributed by atoms with Crippen LogP contribution in [0.1, 0.15) is 61.2 Å². The Labute approximate surface area is 180 Å². The van der Waals surface area contributed by atoms with E-state index in [0.29, 0.717) is 24.1 Å². The van der Waals surface area contributed by atoms with Crippen molar-refractivity contribution >= 4 is 10.2 Å². The van der Waals surface area contributed by atoms with Gasteiger partial charge in [0.2, 0.25) is 5.89 Å². The molecule has 1 aromatic heterocycles. The molecular weight excluding hydrogens is 427 g/mol. The number of piperidine rings is 1. The number of nitrogens with one attached hydrogen (secondary N) is 2.